The smallest absolute Gasteiger partial charge is 0.230 e. The van der Waals surface area contributed by atoms with E-state index >= 15 is 0 Å². The minimum Gasteiger partial charge on any atom is -0.507 e. The van der Waals surface area contributed by atoms with E-state index in [9.17, 15) is 5.11 Å². The number of aromatic nitrogens is 2. The lowest BCUT2D eigenvalue weighted by Gasteiger charge is -2.07. The first-order chi connectivity index (χ1) is 12.7. The monoisotopic (exact) mass is 361 g/mol. The molecule has 1 N–H and O–H groups in total. The van der Waals surface area contributed by atoms with Gasteiger partial charge < -0.3 is 9.67 Å². The van der Waals surface area contributed by atoms with Gasteiger partial charge in [0.05, 0.1) is 17.6 Å². The third kappa shape index (κ3) is 3.32. The summed E-state index contributed by atoms with van der Waals surface area (Å²) in [6, 6.07) is 22.8. The van der Waals surface area contributed by atoms with E-state index in [-0.39, 0.29) is 5.75 Å². The number of phenolic OH excluding ortho intramolecular Hbond substituents is 1. The maximum atomic E-state index is 9.93. The van der Waals surface area contributed by atoms with E-state index in [1.807, 2.05) is 60.7 Å². The average molecular weight is 362 g/mol. The highest BCUT2D eigenvalue weighted by Gasteiger charge is 2.10. The highest BCUT2D eigenvalue weighted by atomic mass is 35.5. The second kappa shape index (κ2) is 7.02. The molecule has 128 valence electrons. The number of hydrogen-bond donors (Lipinski definition) is 1. The lowest BCUT2D eigenvalue weighted by molar-refractivity contribution is 0.474. The van der Waals surface area contributed by atoms with E-state index in [2.05, 4.69) is 14.5 Å². The fraction of sp³-hybridized carbons (Fsp3) is 0.0476. The van der Waals surface area contributed by atoms with Gasteiger partial charge in [0.1, 0.15) is 5.75 Å². The van der Waals surface area contributed by atoms with Crippen LogP contribution in [0, 0.1) is 0 Å². The van der Waals surface area contributed by atoms with Gasteiger partial charge in [-0.1, -0.05) is 48.0 Å². The highest BCUT2D eigenvalue weighted by molar-refractivity contribution is 6.30. The standard InChI is InChI=1S/C21H16ClN3O/c22-17-11-9-15(10-12-17)14-25-19-7-3-2-6-18(19)24-21(25)23-13-16-5-1-4-8-20(16)26/h1-13,26H,14H2/b23-13+. The van der Waals surface area contributed by atoms with Crippen molar-refractivity contribution in [3.8, 4) is 5.75 Å². The molecular weight excluding hydrogens is 346 g/mol. The Labute approximate surface area is 156 Å². The van der Waals surface area contributed by atoms with Crippen LogP contribution in [-0.4, -0.2) is 20.9 Å². The van der Waals surface area contributed by atoms with Crippen molar-refractivity contribution in [1.82, 2.24) is 9.55 Å². The molecule has 0 amide bonds. The summed E-state index contributed by atoms with van der Waals surface area (Å²) in [5, 5.41) is 10.6. The zero-order chi connectivity index (χ0) is 17.9. The molecule has 0 aliphatic heterocycles. The highest BCUT2D eigenvalue weighted by Crippen LogP contribution is 2.24. The molecule has 0 aliphatic carbocycles. The van der Waals surface area contributed by atoms with Crippen LogP contribution in [0.25, 0.3) is 11.0 Å². The predicted octanol–water partition coefficient (Wildman–Crippen LogP) is 5.19. The molecule has 0 saturated carbocycles. The number of imidazole rings is 1. The lowest BCUT2D eigenvalue weighted by Crippen LogP contribution is -1.99. The van der Waals surface area contributed by atoms with Crippen molar-refractivity contribution in [2.45, 2.75) is 6.54 Å². The van der Waals surface area contributed by atoms with Crippen LogP contribution in [0.2, 0.25) is 5.02 Å². The molecule has 26 heavy (non-hydrogen) atoms. The van der Waals surface area contributed by atoms with Crippen LogP contribution in [0.1, 0.15) is 11.1 Å². The zero-order valence-corrected chi connectivity index (χ0v) is 14.6. The Kier molecular flexibility index (Phi) is 4.42. The number of benzene rings is 3. The summed E-state index contributed by atoms with van der Waals surface area (Å²) >= 11 is 5.99. The summed E-state index contributed by atoms with van der Waals surface area (Å²) < 4.78 is 2.05. The first-order valence-corrected chi connectivity index (χ1v) is 8.60. The molecule has 0 saturated heterocycles. The average Bonchev–Trinajstić information content (AvgIpc) is 3.00. The van der Waals surface area contributed by atoms with Crippen molar-refractivity contribution >= 4 is 34.8 Å². The molecule has 3 aromatic carbocycles. The molecular formula is C21H16ClN3O. The van der Waals surface area contributed by atoms with E-state index in [4.69, 9.17) is 11.6 Å². The molecule has 0 fully saturated rings. The van der Waals surface area contributed by atoms with Crippen molar-refractivity contribution in [2.24, 2.45) is 4.99 Å². The van der Waals surface area contributed by atoms with E-state index in [1.165, 1.54) is 0 Å². The normalized spacial score (nSPS) is 11.4. The molecule has 4 rings (SSSR count). The molecule has 0 bridgehead atoms. The second-order valence-corrected chi connectivity index (χ2v) is 6.37. The Bertz CT molecular complexity index is 1080. The molecule has 1 aromatic heterocycles. The number of halogens is 1. The number of hydrogen-bond acceptors (Lipinski definition) is 3. The minimum atomic E-state index is 0.191. The van der Waals surface area contributed by atoms with Crippen LogP contribution < -0.4 is 0 Å². The maximum Gasteiger partial charge on any atom is 0.230 e. The topological polar surface area (TPSA) is 50.4 Å². The summed E-state index contributed by atoms with van der Waals surface area (Å²) in [7, 11) is 0. The molecule has 0 radical (unpaired) electrons. The van der Waals surface area contributed by atoms with Gasteiger partial charge in [-0.15, -0.1) is 0 Å². The summed E-state index contributed by atoms with van der Waals surface area (Å²) in [4.78, 5) is 9.16. The van der Waals surface area contributed by atoms with Gasteiger partial charge >= 0.3 is 0 Å². The summed E-state index contributed by atoms with van der Waals surface area (Å²) in [6.07, 6.45) is 1.63. The third-order valence-corrected chi connectivity index (χ3v) is 4.40. The van der Waals surface area contributed by atoms with Crippen molar-refractivity contribution < 1.29 is 5.11 Å². The van der Waals surface area contributed by atoms with Gasteiger partial charge in [0.15, 0.2) is 0 Å². The molecule has 1 heterocycles. The van der Waals surface area contributed by atoms with Crippen LogP contribution in [0.5, 0.6) is 5.75 Å². The fourth-order valence-corrected chi connectivity index (χ4v) is 2.94. The fourth-order valence-electron chi connectivity index (χ4n) is 2.81. The van der Waals surface area contributed by atoms with Crippen molar-refractivity contribution in [2.75, 3.05) is 0 Å². The van der Waals surface area contributed by atoms with Gasteiger partial charge in [0.25, 0.3) is 0 Å². The molecule has 4 nitrogen and oxygen atoms in total. The largest absolute Gasteiger partial charge is 0.507 e. The van der Waals surface area contributed by atoms with Crippen molar-refractivity contribution in [3.63, 3.8) is 0 Å². The summed E-state index contributed by atoms with van der Waals surface area (Å²) in [5.41, 5.74) is 3.65. The van der Waals surface area contributed by atoms with Crippen LogP contribution >= 0.6 is 11.6 Å². The molecule has 0 unspecified atom stereocenters. The Balaban J connectivity index is 1.76. The van der Waals surface area contributed by atoms with Gasteiger partial charge in [0.2, 0.25) is 5.95 Å². The van der Waals surface area contributed by atoms with Gasteiger partial charge in [-0.25, -0.2) is 9.98 Å². The number of rotatable bonds is 4. The van der Waals surface area contributed by atoms with Crippen LogP contribution in [0.4, 0.5) is 5.95 Å². The van der Waals surface area contributed by atoms with Gasteiger partial charge in [0, 0.05) is 16.8 Å². The minimum absolute atomic E-state index is 0.191. The molecule has 4 aromatic rings. The second-order valence-electron chi connectivity index (χ2n) is 5.93. The predicted molar refractivity (Wildman–Crippen MR) is 106 cm³/mol. The summed E-state index contributed by atoms with van der Waals surface area (Å²) in [5.74, 6) is 0.779. The van der Waals surface area contributed by atoms with Crippen LogP contribution in [0.3, 0.4) is 0 Å². The number of nitrogens with zero attached hydrogens (tertiary/aromatic N) is 3. The van der Waals surface area contributed by atoms with E-state index in [0.717, 1.165) is 16.6 Å². The number of fused-ring (bicyclic) bond motifs is 1. The van der Waals surface area contributed by atoms with Gasteiger partial charge in [-0.2, -0.15) is 0 Å². The quantitative estimate of drug-likeness (QED) is 0.508. The Morgan fingerprint density at radius 2 is 1.69 bits per heavy atom. The van der Waals surface area contributed by atoms with Gasteiger partial charge in [-0.3, -0.25) is 0 Å². The number of aliphatic imine (C=N–C) groups is 1. The molecule has 5 heteroatoms. The zero-order valence-electron chi connectivity index (χ0n) is 13.9. The summed E-state index contributed by atoms with van der Waals surface area (Å²) in [6.45, 7) is 0.630. The Morgan fingerprint density at radius 3 is 2.50 bits per heavy atom. The number of para-hydroxylation sites is 3. The van der Waals surface area contributed by atoms with Crippen LogP contribution in [-0.2, 0) is 6.54 Å². The third-order valence-electron chi connectivity index (χ3n) is 4.14. The number of phenols is 1. The Hall–Kier alpha value is -3.11. The number of aromatic hydroxyl groups is 1. The first kappa shape index (κ1) is 16.4. The molecule has 0 aliphatic rings. The van der Waals surface area contributed by atoms with E-state index in [0.29, 0.717) is 23.1 Å². The lowest BCUT2D eigenvalue weighted by atomic mass is 10.2. The molecule has 0 spiro atoms. The Morgan fingerprint density at radius 1 is 0.962 bits per heavy atom. The maximum absolute atomic E-state index is 9.93. The SMILES string of the molecule is Oc1ccccc1/C=N/c1nc2ccccc2n1Cc1ccc(Cl)cc1. The van der Waals surface area contributed by atoms with Crippen molar-refractivity contribution in [1.29, 1.82) is 0 Å². The van der Waals surface area contributed by atoms with Crippen molar-refractivity contribution in [3.05, 3.63) is 88.9 Å². The van der Waals surface area contributed by atoms with Crippen LogP contribution in [0.15, 0.2) is 77.8 Å². The van der Waals surface area contributed by atoms with E-state index in [1.54, 1.807) is 18.3 Å². The molecule has 0 atom stereocenters. The first-order valence-electron chi connectivity index (χ1n) is 8.22. The van der Waals surface area contributed by atoms with Gasteiger partial charge in [-0.05, 0) is 42.0 Å². The van der Waals surface area contributed by atoms with E-state index < -0.39 is 0 Å².